The molecule has 0 spiro atoms. The second kappa shape index (κ2) is 15.0. The van der Waals surface area contributed by atoms with Crippen LogP contribution in [0.5, 0.6) is 0 Å². The highest BCUT2D eigenvalue weighted by Gasteiger charge is 2.21. The van der Waals surface area contributed by atoms with Crippen LogP contribution in [0.1, 0.15) is 61.8 Å². The summed E-state index contributed by atoms with van der Waals surface area (Å²) in [4.78, 5) is 37.9. The maximum atomic E-state index is 12.9. The van der Waals surface area contributed by atoms with Gasteiger partial charge < -0.3 is 30.5 Å². The summed E-state index contributed by atoms with van der Waals surface area (Å²) in [5.41, 5.74) is 1.23. The predicted molar refractivity (Wildman–Crippen MR) is 142 cm³/mol. The normalized spacial score (nSPS) is 13.8. The van der Waals surface area contributed by atoms with Crippen LogP contribution in [0.3, 0.4) is 0 Å². The lowest BCUT2D eigenvalue weighted by Crippen LogP contribution is -2.41. The van der Waals surface area contributed by atoms with E-state index in [1.807, 2.05) is 45.3 Å². The van der Waals surface area contributed by atoms with Gasteiger partial charge >= 0.3 is 0 Å². The molecule has 0 heterocycles. The summed E-state index contributed by atoms with van der Waals surface area (Å²) in [6, 6.07) is 4.44. The molecule has 0 aliphatic rings. The molecule has 0 fully saturated rings. The average Bonchev–Trinajstić information content (AvgIpc) is 2.82. The number of hydrogen-bond acceptors (Lipinski definition) is 7. The average molecular weight is 511 g/mol. The molecule has 1 rings (SSSR count). The van der Waals surface area contributed by atoms with Crippen LogP contribution in [-0.2, 0) is 4.79 Å². The van der Waals surface area contributed by atoms with Gasteiger partial charge in [-0.15, -0.1) is 0 Å². The third-order valence-corrected chi connectivity index (χ3v) is 6.41. The highest BCUT2D eigenvalue weighted by Crippen LogP contribution is 2.23. The van der Waals surface area contributed by atoms with Gasteiger partial charge in [0.1, 0.15) is 0 Å². The quantitative estimate of drug-likeness (QED) is 0.242. The van der Waals surface area contributed by atoms with Crippen LogP contribution in [0.2, 0.25) is 0 Å². The van der Waals surface area contributed by atoms with Gasteiger partial charge in [-0.3, -0.25) is 14.4 Å². The molecule has 0 radical (unpaired) electrons. The number of rotatable bonds is 14. The topological polar surface area (TPSA) is 131 Å². The summed E-state index contributed by atoms with van der Waals surface area (Å²) >= 11 is 1.43. The number of aliphatic hydroxyl groups is 2. The van der Waals surface area contributed by atoms with E-state index in [1.54, 1.807) is 19.1 Å². The van der Waals surface area contributed by atoms with E-state index in [0.717, 1.165) is 0 Å². The highest BCUT2D eigenvalue weighted by molar-refractivity contribution is 7.99. The zero-order valence-corrected chi connectivity index (χ0v) is 22.7. The molecule has 1 aromatic rings. The Balaban J connectivity index is 2.90. The fraction of sp³-hybridized carbons (Fsp3) is 0.640. The van der Waals surface area contributed by atoms with Crippen molar-refractivity contribution >= 4 is 35.4 Å². The standard InChI is InChI=1S/C25H42N4O5S/c1-15(2)12-26-23(32)17(5)8-21(31)13-27-24(33)18-9-19(11-20(10-18)29(6)35-7)25(34)28-22(14-30)16(3)4/h9-11,15-17,21-22,30-31H,8,12-14H2,1-7H3,(H,26,32)(H,27,33)(H,28,34). The van der Waals surface area contributed by atoms with E-state index in [1.165, 1.54) is 18.0 Å². The molecule has 35 heavy (non-hydrogen) atoms. The van der Waals surface area contributed by atoms with E-state index < -0.39 is 24.0 Å². The molecule has 0 saturated heterocycles. The number of benzene rings is 1. The molecule has 5 N–H and O–H groups in total. The predicted octanol–water partition coefficient (Wildman–Crippen LogP) is 2.04. The number of carbonyl (C=O) groups is 3. The van der Waals surface area contributed by atoms with Crippen LogP contribution in [0, 0.1) is 17.8 Å². The van der Waals surface area contributed by atoms with E-state index in [9.17, 15) is 24.6 Å². The Bertz CT molecular complexity index is 849. The van der Waals surface area contributed by atoms with Crippen molar-refractivity contribution in [2.45, 2.75) is 53.2 Å². The second-order valence-electron chi connectivity index (χ2n) is 9.59. The van der Waals surface area contributed by atoms with Gasteiger partial charge in [-0.2, -0.15) is 0 Å². The molecule has 0 aromatic heterocycles. The third kappa shape index (κ3) is 10.5. The minimum absolute atomic E-state index is 0.0231. The van der Waals surface area contributed by atoms with E-state index in [0.29, 0.717) is 23.7 Å². The van der Waals surface area contributed by atoms with Gasteiger partial charge in [-0.1, -0.05) is 46.6 Å². The number of nitrogens with one attached hydrogen (secondary N) is 3. The summed E-state index contributed by atoms with van der Waals surface area (Å²) in [7, 11) is 1.82. The summed E-state index contributed by atoms with van der Waals surface area (Å²) < 4.78 is 1.83. The van der Waals surface area contributed by atoms with Crippen molar-refractivity contribution in [2.24, 2.45) is 17.8 Å². The first-order chi connectivity index (χ1) is 16.4. The molecule has 9 nitrogen and oxygen atoms in total. The molecular weight excluding hydrogens is 468 g/mol. The Morgan fingerprint density at radius 2 is 1.57 bits per heavy atom. The number of amides is 3. The fourth-order valence-corrected chi connectivity index (χ4v) is 3.54. The summed E-state index contributed by atoms with van der Waals surface area (Å²) in [5.74, 6) is -0.966. The minimum atomic E-state index is -0.894. The molecule has 1 aromatic carbocycles. The van der Waals surface area contributed by atoms with Gasteiger partial charge in [0.25, 0.3) is 11.8 Å². The third-order valence-electron chi connectivity index (χ3n) is 5.65. The number of aliphatic hydroxyl groups excluding tert-OH is 2. The van der Waals surface area contributed by atoms with Gasteiger partial charge in [0, 0.05) is 49.1 Å². The zero-order chi connectivity index (χ0) is 26.7. The van der Waals surface area contributed by atoms with Gasteiger partial charge in [-0.25, -0.2) is 0 Å². The molecule has 0 aliphatic heterocycles. The summed E-state index contributed by atoms with van der Waals surface area (Å²) in [6.07, 6.45) is 1.20. The Kier molecular flexibility index (Phi) is 13.1. The smallest absolute Gasteiger partial charge is 0.251 e. The molecule has 3 amide bonds. The molecule has 3 unspecified atom stereocenters. The van der Waals surface area contributed by atoms with E-state index in [-0.39, 0.29) is 42.9 Å². The molecule has 10 heteroatoms. The molecular formula is C25H42N4O5S. The van der Waals surface area contributed by atoms with Crippen molar-refractivity contribution in [1.82, 2.24) is 16.0 Å². The molecule has 0 bridgehead atoms. The van der Waals surface area contributed by atoms with E-state index >= 15 is 0 Å². The molecule has 3 atom stereocenters. The van der Waals surface area contributed by atoms with Crippen LogP contribution in [0.15, 0.2) is 18.2 Å². The van der Waals surface area contributed by atoms with Crippen molar-refractivity contribution in [1.29, 1.82) is 0 Å². The van der Waals surface area contributed by atoms with Gasteiger partial charge in [0.15, 0.2) is 0 Å². The summed E-state index contributed by atoms with van der Waals surface area (Å²) in [5, 5.41) is 28.2. The molecule has 0 aliphatic carbocycles. The lowest BCUT2D eigenvalue weighted by atomic mass is 10.0. The van der Waals surface area contributed by atoms with Gasteiger partial charge in [-0.05, 0) is 36.5 Å². The lowest BCUT2D eigenvalue weighted by molar-refractivity contribution is -0.125. The number of carbonyl (C=O) groups excluding carboxylic acids is 3. The summed E-state index contributed by atoms with van der Waals surface area (Å²) in [6.45, 7) is 9.91. The van der Waals surface area contributed by atoms with Crippen LogP contribution in [0.25, 0.3) is 0 Å². The van der Waals surface area contributed by atoms with E-state index in [2.05, 4.69) is 16.0 Å². The first kappa shape index (κ1) is 30.7. The fourth-order valence-electron chi connectivity index (χ4n) is 3.23. The first-order valence-electron chi connectivity index (χ1n) is 12.0. The van der Waals surface area contributed by atoms with Crippen LogP contribution >= 0.6 is 11.9 Å². The van der Waals surface area contributed by atoms with Gasteiger partial charge in [0.05, 0.1) is 18.8 Å². The Hall–Kier alpha value is -2.30. The number of anilines is 1. The van der Waals surface area contributed by atoms with E-state index in [4.69, 9.17) is 0 Å². The monoisotopic (exact) mass is 510 g/mol. The van der Waals surface area contributed by atoms with Crippen molar-refractivity contribution in [3.05, 3.63) is 29.3 Å². The number of nitrogens with zero attached hydrogens (tertiary/aromatic N) is 1. The molecule has 0 saturated carbocycles. The van der Waals surface area contributed by atoms with Crippen molar-refractivity contribution in [3.8, 4) is 0 Å². The Labute approximate surface area is 213 Å². The minimum Gasteiger partial charge on any atom is -0.394 e. The van der Waals surface area contributed by atoms with Crippen molar-refractivity contribution < 1.29 is 24.6 Å². The first-order valence-corrected chi connectivity index (χ1v) is 13.2. The highest BCUT2D eigenvalue weighted by atomic mass is 32.2. The van der Waals surface area contributed by atoms with Gasteiger partial charge in [0.2, 0.25) is 5.91 Å². The van der Waals surface area contributed by atoms with Crippen LogP contribution < -0.4 is 20.3 Å². The number of hydrogen-bond donors (Lipinski definition) is 5. The van der Waals surface area contributed by atoms with Crippen molar-refractivity contribution in [2.75, 3.05) is 37.3 Å². The lowest BCUT2D eigenvalue weighted by Gasteiger charge is -2.22. The maximum Gasteiger partial charge on any atom is 0.251 e. The Morgan fingerprint density at radius 3 is 2.09 bits per heavy atom. The van der Waals surface area contributed by atoms with Crippen molar-refractivity contribution in [3.63, 3.8) is 0 Å². The Morgan fingerprint density at radius 1 is 0.971 bits per heavy atom. The largest absolute Gasteiger partial charge is 0.394 e. The van der Waals surface area contributed by atoms with Crippen LogP contribution in [-0.4, -0.2) is 73.1 Å². The zero-order valence-electron chi connectivity index (χ0n) is 21.9. The SMILES string of the molecule is CSN(C)c1cc(C(=O)NCC(O)CC(C)C(=O)NCC(C)C)cc(C(=O)NC(CO)C(C)C)c1. The van der Waals surface area contributed by atoms with Crippen LogP contribution in [0.4, 0.5) is 5.69 Å². The molecule has 198 valence electrons. The maximum absolute atomic E-state index is 12.9. The second-order valence-corrected chi connectivity index (χ2v) is 10.5.